The van der Waals surface area contributed by atoms with Gasteiger partial charge in [-0.3, -0.25) is 4.79 Å². The summed E-state index contributed by atoms with van der Waals surface area (Å²) < 4.78 is 5.65. The van der Waals surface area contributed by atoms with E-state index in [1.165, 1.54) is 11.1 Å². The first kappa shape index (κ1) is 20.5. The molecule has 1 fully saturated rings. The zero-order valence-electron chi connectivity index (χ0n) is 17.4. The molecule has 0 saturated heterocycles. The second-order valence-corrected chi connectivity index (χ2v) is 8.59. The number of aliphatic carboxylic acids is 1. The number of alkyl carbamates (subject to hydrolysis) is 1. The SMILES string of the molecule is CCCC1(C(CC(=O)O)NC(=O)OCC2c3ccccc3-c3ccccc32)CCC1. The molecule has 2 aliphatic rings. The summed E-state index contributed by atoms with van der Waals surface area (Å²) in [7, 11) is 0. The second kappa shape index (κ2) is 8.50. The Labute approximate surface area is 177 Å². The number of rotatable bonds is 8. The lowest BCUT2D eigenvalue weighted by molar-refractivity contribution is -0.139. The number of nitrogens with one attached hydrogen (secondary N) is 1. The Morgan fingerprint density at radius 2 is 1.70 bits per heavy atom. The van der Waals surface area contributed by atoms with E-state index in [9.17, 15) is 14.7 Å². The van der Waals surface area contributed by atoms with Crippen molar-refractivity contribution in [3.63, 3.8) is 0 Å². The van der Waals surface area contributed by atoms with E-state index in [2.05, 4.69) is 36.5 Å². The van der Waals surface area contributed by atoms with Crippen LogP contribution >= 0.6 is 0 Å². The van der Waals surface area contributed by atoms with Crippen LogP contribution in [-0.2, 0) is 9.53 Å². The number of ether oxygens (including phenoxy) is 1. The van der Waals surface area contributed by atoms with Gasteiger partial charge in [-0.15, -0.1) is 0 Å². The molecule has 1 amide bonds. The number of hydrogen-bond donors (Lipinski definition) is 2. The van der Waals surface area contributed by atoms with Crippen LogP contribution in [0, 0.1) is 5.41 Å². The summed E-state index contributed by atoms with van der Waals surface area (Å²) >= 11 is 0. The Hall–Kier alpha value is -2.82. The lowest BCUT2D eigenvalue weighted by Gasteiger charge is -2.47. The third-order valence-electron chi connectivity index (χ3n) is 6.85. The summed E-state index contributed by atoms with van der Waals surface area (Å²) in [6, 6.07) is 16.0. The monoisotopic (exact) mass is 407 g/mol. The number of carbonyl (C=O) groups excluding carboxylic acids is 1. The van der Waals surface area contributed by atoms with Crippen molar-refractivity contribution in [2.24, 2.45) is 5.41 Å². The second-order valence-electron chi connectivity index (χ2n) is 8.59. The normalized spacial score (nSPS) is 17.4. The van der Waals surface area contributed by atoms with Gasteiger partial charge in [0.2, 0.25) is 0 Å². The largest absolute Gasteiger partial charge is 0.481 e. The maximum Gasteiger partial charge on any atom is 0.407 e. The van der Waals surface area contributed by atoms with Crippen LogP contribution < -0.4 is 5.32 Å². The predicted octanol–water partition coefficient (Wildman–Crippen LogP) is 5.34. The summed E-state index contributed by atoms with van der Waals surface area (Å²) in [4.78, 5) is 24.1. The fourth-order valence-corrected chi connectivity index (χ4v) is 5.28. The molecule has 0 aliphatic heterocycles. The van der Waals surface area contributed by atoms with E-state index in [0.717, 1.165) is 43.2 Å². The highest BCUT2D eigenvalue weighted by Gasteiger charge is 2.45. The van der Waals surface area contributed by atoms with Crippen LogP contribution in [0.2, 0.25) is 0 Å². The van der Waals surface area contributed by atoms with Crippen molar-refractivity contribution in [2.45, 2.75) is 57.4 Å². The highest BCUT2D eigenvalue weighted by molar-refractivity contribution is 5.79. The average molecular weight is 408 g/mol. The quantitative estimate of drug-likeness (QED) is 0.619. The summed E-state index contributed by atoms with van der Waals surface area (Å²) in [5.41, 5.74) is 4.58. The number of amides is 1. The van der Waals surface area contributed by atoms with Crippen LogP contribution in [-0.4, -0.2) is 29.8 Å². The molecule has 30 heavy (non-hydrogen) atoms. The highest BCUT2D eigenvalue weighted by atomic mass is 16.5. The van der Waals surface area contributed by atoms with Gasteiger partial charge in [-0.25, -0.2) is 4.79 Å². The van der Waals surface area contributed by atoms with E-state index in [-0.39, 0.29) is 30.4 Å². The first-order valence-corrected chi connectivity index (χ1v) is 10.9. The van der Waals surface area contributed by atoms with Gasteiger partial charge in [-0.2, -0.15) is 0 Å². The van der Waals surface area contributed by atoms with Crippen LogP contribution in [0.15, 0.2) is 48.5 Å². The van der Waals surface area contributed by atoms with Gasteiger partial charge in [0.1, 0.15) is 6.61 Å². The first-order valence-electron chi connectivity index (χ1n) is 10.9. The molecule has 2 N–H and O–H groups in total. The van der Waals surface area contributed by atoms with Crippen LogP contribution in [0.1, 0.15) is 62.5 Å². The third-order valence-corrected chi connectivity index (χ3v) is 6.85. The van der Waals surface area contributed by atoms with E-state index in [1.54, 1.807) is 0 Å². The highest BCUT2D eigenvalue weighted by Crippen LogP contribution is 2.49. The molecular formula is C25H29NO4. The smallest absolute Gasteiger partial charge is 0.407 e. The molecule has 0 heterocycles. The molecule has 0 radical (unpaired) electrons. The molecule has 1 atom stereocenters. The topological polar surface area (TPSA) is 75.6 Å². The van der Waals surface area contributed by atoms with E-state index >= 15 is 0 Å². The minimum absolute atomic E-state index is 0.00521. The third kappa shape index (κ3) is 3.81. The number of benzene rings is 2. The Morgan fingerprint density at radius 3 is 2.20 bits per heavy atom. The van der Waals surface area contributed by atoms with Crippen LogP contribution in [0.25, 0.3) is 11.1 Å². The minimum Gasteiger partial charge on any atom is -0.481 e. The molecule has 1 saturated carbocycles. The molecule has 0 spiro atoms. The van der Waals surface area contributed by atoms with Crippen LogP contribution in [0.5, 0.6) is 0 Å². The van der Waals surface area contributed by atoms with Gasteiger partial charge in [-0.05, 0) is 46.9 Å². The number of hydrogen-bond acceptors (Lipinski definition) is 3. The van der Waals surface area contributed by atoms with Crippen LogP contribution in [0.4, 0.5) is 4.79 Å². The first-order chi connectivity index (χ1) is 14.5. The Bertz CT molecular complexity index is 889. The molecule has 5 heteroatoms. The predicted molar refractivity (Wildman–Crippen MR) is 115 cm³/mol. The molecule has 2 aromatic rings. The fraction of sp³-hybridized carbons (Fsp3) is 0.440. The zero-order chi connectivity index (χ0) is 21.1. The van der Waals surface area contributed by atoms with Crippen molar-refractivity contribution in [1.29, 1.82) is 0 Å². The number of carbonyl (C=O) groups is 2. The number of fused-ring (bicyclic) bond motifs is 3. The molecule has 0 aromatic heterocycles. The molecule has 0 bridgehead atoms. The van der Waals surface area contributed by atoms with Crippen molar-refractivity contribution in [3.8, 4) is 11.1 Å². The molecule has 5 nitrogen and oxygen atoms in total. The Balaban J connectivity index is 1.46. The van der Waals surface area contributed by atoms with Gasteiger partial charge < -0.3 is 15.2 Å². The van der Waals surface area contributed by atoms with E-state index in [4.69, 9.17) is 4.74 Å². The lowest BCUT2D eigenvalue weighted by Crippen LogP contribution is -2.52. The maximum absolute atomic E-state index is 12.7. The molecule has 2 aliphatic carbocycles. The summed E-state index contributed by atoms with van der Waals surface area (Å²) in [6.45, 7) is 2.34. The molecule has 158 valence electrons. The molecule has 4 rings (SSSR count). The Kier molecular flexibility index (Phi) is 5.80. The van der Waals surface area contributed by atoms with Gasteiger partial charge in [0.15, 0.2) is 0 Å². The van der Waals surface area contributed by atoms with E-state index in [0.29, 0.717) is 0 Å². The maximum atomic E-state index is 12.7. The van der Waals surface area contributed by atoms with E-state index < -0.39 is 12.1 Å². The van der Waals surface area contributed by atoms with E-state index in [1.807, 2.05) is 24.3 Å². The summed E-state index contributed by atoms with van der Waals surface area (Å²) in [5, 5.41) is 12.3. The van der Waals surface area contributed by atoms with Crippen LogP contribution in [0.3, 0.4) is 0 Å². The molecule has 2 aromatic carbocycles. The number of carboxylic acids is 1. The number of carboxylic acid groups (broad SMARTS) is 1. The van der Waals surface area contributed by atoms with Gasteiger partial charge in [0, 0.05) is 12.0 Å². The Morgan fingerprint density at radius 1 is 1.10 bits per heavy atom. The standard InChI is InChI=1S/C25H29NO4/c1-2-12-25(13-7-14-25)22(15-23(27)28)26-24(29)30-16-21-19-10-5-3-8-17(19)18-9-4-6-11-20(18)21/h3-6,8-11,21-22H,2,7,12-16H2,1H3,(H,26,29)(H,27,28). The van der Waals surface area contributed by atoms with Crippen molar-refractivity contribution in [2.75, 3.05) is 6.61 Å². The van der Waals surface area contributed by atoms with Crippen molar-refractivity contribution >= 4 is 12.1 Å². The minimum atomic E-state index is -0.888. The van der Waals surface area contributed by atoms with Gasteiger partial charge in [0.25, 0.3) is 0 Å². The summed E-state index contributed by atoms with van der Waals surface area (Å²) in [5.74, 6) is -0.893. The fourth-order valence-electron chi connectivity index (χ4n) is 5.28. The van der Waals surface area contributed by atoms with Crippen molar-refractivity contribution in [3.05, 3.63) is 59.7 Å². The molecular weight excluding hydrogens is 378 g/mol. The lowest BCUT2D eigenvalue weighted by atomic mass is 9.61. The zero-order valence-corrected chi connectivity index (χ0v) is 17.4. The molecule has 1 unspecified atom stereocenters. The van der Waals surface area contributed by atoms with Crippen molar-refractivity contribution < 1.29 is 19.4 Å². The van der Waals surface area contributed by atoms with Gasteiger partial charge in [-0.1, -0.05) is 68.3 Å². The van der Waals surface area contributed by atoms with Crippen molar-refractivity contribution in [1.82, 2.24) is 5.32 Å². The van der Waals surface area contributed by atoms with Gasteiger partial charge >= 0.3 is 12.1 Å². The average Bonchev–Trinajstić information content (AvgIpc) is 3.02. The summed E-state index contributed by atoms with van der Waals surface area (Å²) in [6.07, 6.45) is 4.32. The van der Waals surface area contributed by atoms with Gasteiger partial charge in [0.05, 0.1) is 6.42 Å².